The molecule has 1 saturated carbocycles. The summed E-state index contributed by atoms with van der Waals surface area (Å²) < 4.78 is 5.32. The van der Waals surface area contributed by atoms with E-state index >= 15 is 0 Å². The Morgan fingerprint density at radius 2 is 2.24 bits per heavy atom. The molecule has 0 saturated heterocycles. The quantitative estimate of drug-likeness (QED) is 0.814. The Morgan fingerprint density at radius 3 is 2.88 bits per heavy atom. The zero-order valence-corrected chi connectivity index (χ0v) is 10.1. The third-order valence-electron chi connectivity index (χ3n) is 3.16. The molecule has 0 atom stereocenters. The second-order valence-corrected chi connectivity index (χ2v) is 4.42. The van der Waals surface area contributed by atoms with Gasteiger partial charge in [-0.2, -0.15) is 4.98 Å². The Morgan fingerprint density at radius 1 is 1.47 bits per heavy atom. The summed E-state index contributed by atoms with van der Waals surface area (Å²) in [6, 6.07) is 1.73. The molecule has 1 aromatic heterocycles. The molecule has 1 fully saturated rings. The van der Waals surface area contributed by atoms with E-state index in [0.717, 1.165) is 25.7 Å². The predicted molar refractivity (Wildman–Crippen MR) is 65.1 cm³/mol. The first-order valence-electron chi connectivity index (χ1n) is 6.13. The van der Waals surface area contributed by atoms with E-state index in [1.807, 2.05) is 6.92 Å². The molecule has 1 aromatic rings. The Kier molecular flexibility index (Phi) is 3.78. The summed E-state index contributed by atoms with van der Waals surface area (Å²) in [6.07, 6.45) is 5.87. The monoisotopic (exact) mass is 237 g/mol. The van der Waals surface area contributed by atoms with Crippen molar-refractivity contribution in [1.82, 2.24) is 9.97 Å². The second kappa shape index (κ2) is 5.31. The molecule has 0 radical (unpaired) electrons. The lowest BCUT2D eigenvalue weighted by Crippen LogP contribution is -2.39. The van der Waals surface area contributed by atoms with Gasteiger partial charge >= 0.3 is 0 Å². The topological polar surface area (TPSA) is 67.3 Å². The number of ether oxygens (including phenoxy) is 1. The minimum atomic E-state index is -0.245. The fourth-order valence-corrected chi connectivity index (χ4v) is 2.24. The van der Waals surface area contributed by atoms with E-state index in [-0.39, 0.29) is 12.1 Å². The van der Waals surface area contributed by atoms with Crippen molar-refractivity contribution < 1.29 is 9.84 Å². The molecule has 94 valence electrons. The van der Waals surface area contributed by atoms with E-state index in [9.17, 15) is 5.11 Å². The zero-order chi connectivity index (χ0) is 12.1. The number of nitrogens with zero attached hydrogens (tertiary/aromatic N) is 2. The Hall–Kier alpha value is -1.36. The van der Waals surface area contributed by atoms with Crippen molar-refractivity contribution in [2.24, 2.45) is 0 Å². The van der Waals surface area contributed by atoms with Crippen LogP contribution in [0.25, 0.3) is 0 Å². The first-order chi connectivity index (χ1) is 8.28. The van der Waals surface area contributed by atoms with Crippen LogP contribution in [0.3, 0.4) is 0 Å². The Bertz CT molecular complexity index is 365. The highest BCUT2D eigenvalue weighted by atomic mass is 16.5. The Balaban J connectivity index is 2.09. The van der Waals surface area contributed by atoms with Crippen LogP contribution >= 0.6 is 0 Å². The molecule has 0 aliphatic heterocycles. The smallest absolute Gasteiger partial charge is 0.226 e. The highest BCUT2D eigenvalue weighted by Gasteiger charge is 2.33. The average Bonchev–Trinajstić information content (AvgIpc) is 2.79. The van der Waals surface area contributed by atoms with Crippen LogP contribution in [-0.2, 0) is 0 Å². The standard InChI is InChI=1S/C12H19N3O2/c1-2-17-10-5-8-13-11(14-10)15-12(9-16)6-3-4-7-12/h5,8,16H,2-4,6-7,9H2,1H3,(H,13,14,15). The SMILES string of the molecule is CCOc1ccnc(NC2(CO)CCCC2)n1. The molecule has 1 aliphatic rings. The minimum absolute atomic E-state index is 0.120. The van der Waals surface area contributed by atoms with Crippen LogP contribution in [0.15, 0.2) is 12.3 Å². The summed E-state index contributed by atoms with van der Waals surface area (Å²) >= 11 is 0. The lowest BCUT2D eigenvalue weighted by atomic mass is 9.99. The number of hydrogen-bond acceptors (Lipinski definition) is 5. The van der Waals surface area contributed by atoms with E-state index in [0.29, 0.717) is 18.4 Å². The number of nitrogens with one attached hydrogen (secondary N) is 1. The summed E-state index contributed by atoms with van der Waals surface area (Å²) in [7, 11) is 0. The van der Waals surface area contributed by atoms with E-state index < -0.39 is 0 Å². The van der Waals surface area contributed by atoms with Gasteiger partial charge in [-0.15, -0.1) is 0 Å². The number of aliphatic hydroxyl groups excluding tert-OH is 1. The maximum Gasteiger partial charge on any atom is 0.226 e. The van der Waals surface area contributed by atoms with Crippen molar-refractivity contribution in [2.75, 3.05) is 18.5 Å². The van der Waals surface area contributed by atoms with Crippen LogP contribution < -0.4 is 10.1 Å². The van der Waals surface area contributed by atoms with E-state index in [1.165, 1.54) is 0 Å². The number of aliphatic hydroxyl groups is 1. The summed E-state index contributed by atoms with van der Waals surface area (Å²) in [5.74, 6) is 1.10. The predicted octanol–water partition coefficient (Wildman–Crippen LogP) is 1.59. The van der Waals surface area contributed by atoms with Gasteiger partial charge in [-0.25, -0.2) is 4.98 Å². The van der Waals surface area contributed by atoms with Crippen molar-refractivity contribution in [2.45, 2.75) is 38.1 Å². The van der Waals surface area contributed by atoms with Gasteiger partial charge in [0.1, 0.15) is 0 Å². The first kappa shape index (κ1) is 12.1. The van der Waals surface area contributed by atoms with E-state index in [2.05, 4.69) is 15.3 Å². The van der Waals surface area contributed by atoms with Crippen molar-refractivity contribution in [3.63, 3.8) is 0 Å². The maximum absolute atomic E-state index is 9.50. The van der Waals surface area contributed by atoms with Gasteiger partial charge in [0, 0.05) is 12.3 Å². The van der Waals surface area contributed by atoms with E-state index in [4.69, 9.17) is 4.74 Å². The third-order valence-corrected chi connectivity index (χ3v) is 3.16. The number of aromatic nitrogens is 2. The van der Waals surface area contributed by atoms with Crippen molar-refractivity contribution >= 4 is 5.95 Å². The fraction of sp³-hybridized carbons (Fsp3) is 0.667. The van der Waals surface area contributed by atoms with Gasteiger partial charge in [-0.1, -0.05) is 12.8 Å². The lowest BCUT2D eigenvalue weighted by molar-refractivity contribution is 0.213. The fourth-order valence-electron chi connectivity index (χ4n) is 2.24. The molecule has 2 rings (SSSR count). The second-order valence-electron chi connectivity index (χ2n) is 4.42. The highest BCUT2D eigenvalue weighted by molar-refractivity contribution is 5.32. The molecule has 0 aromatic carbocycles. The lowest BCUT2D eigenvalue weighted by Gasteiger charge is -2.27. The number of anilines is 1. The molecule has 5 heteroatoms. The molecule has 2 N–H and O–H groups in total. The van der Waals surface area contributed by atoms with Crippen LogP contribution in [0.4, 0.5) is 5.95 Å². The van der Waals surface area contributed by atoms with Crippen LogP contribution in [0.5, 0.6) is 5.88 Å². The molecule has 1 aliphatic carbocycles. The Labute approximate surface area is 101 Å². The van der Waals surface area contributed by atoms with Gasteiger partial charge in [-0.05, 0) is 19.8 Å². The highest BCUT2D eigenvalue weighted by Crippen LogP contribution is 2.31. The molecule has 1 heterocycles. The molecule has 0 amide bonds. The van der Waals surface area contributed by atoms with Gasteiger partial charge in [0.2, 0.25) is 11.8 Å². The number of hydrogen-bond donors (Lipinski definition) is 2. The van der Waals surface area contributed by atoms with Crippen LogP contribution in [-0.4, -0.2) is 33.8 Å². The van der Waals surface area contributed by atoms with E-state index in [1.54, 1.807) is 12.3 Å². The van der Waals surface area contributed by atoms with Crippen LogP contribution in [0.2, 0.25) is 0 Å². The third kappa shape index (κ3) is 2.85. The van der Waals surface area contributed by atoms with Crippen molar-refractivity contribution in [3.8, 4) is 5.88 Å². The molecular weight excluding hydrogens is 218 g/mol. The van der Waals surface area contributed by atoms with Crippen molar-refractivity contribution in [1.29, 1.82) is 0 Å². The molecule has 5 nitrogen and oxygen atoms in total. The molecular formula is C12H19N3O2. The van der Waals surface area contributed by atoms with Crippen LogP contribution in [0.1, 0.15) is 32.6 Å². The summed E-state index contributed by atoms with van der Waals surface area (Å²) in [4.78, 5) is 8.43. The zero-order valence-electron chi connectivity index (χ0n) is 10.1. The molecule has 17 heavy (non-hydrogen) atoms. The molecule has 0 bridgehead atoms. The first-order valence-corrected chi connectivity index (χ1v) is 6.13. The summed E-state index contributed by atoms with van der Waals surface area (Å²) in [5, 5.41) is 12.8. The summed E-state index contributed by atoms with van der Waals surface area (Å²) in [5.41, 5.74) is -0.245. The summed E-state index contributed by atoms with van der Waals surface area (Å²) in [6.45, 7) is 2.62. The molecule has 0 spiro atoms. The maximum atomic E-state index is 9.50. The molecule has 0 unspecified atom stereocenters. The van der Waals surface area contributed by atoms with Gasteiger partial charge in [0.15, 0.2) is 0 Å². The largest absolute Gasteiger partial charge is 0.478 e. The van der Waals surface area contributed by atoms with Gasteiger partial charge in [0.25, 0.3) is 0 Å². The van der Waals surface area contributed by atoms with Crippen molar-refractivity contribution in [3.05, 3.63) is 12.3 Å². The number of rotatable bonds is 5. The van der Waals surface area contributed by atoms with Gasteiger partial charge < -0.3 is 15.2 Å². The minimum Gasteiger partial charge on any atom is -0.478 e. The van der Waals surface area contributed by atoms with Gasteiger partial charge in [-0.3, -0.25) is 0 Å². The van der Waals surface area contributed by atoms with Crippen LogP contribution in [0, 0.1) is 0 Å². The van der Waals surface area contributed by atoms with Gasteiger partial charge in [0.05, 0.1) is 18.8 Å². The normalized spacial score (nSPS) is 18.0. The average molecular weight is 237 g/mol.